The van der Waals surface area contributed by atoms with Crippen LogP contribution in [0.25, 0.3) is 11.1 Å². The summed E-state index contributed by atoms with van der Waals surface area (Å²) >= 11 is 0. The minimum Gasteiger partial charge on any atom is -0.481 e. The molecule has 0 spiro atoms. The molecule has 1 atom stereocenters. The Morgan fingerprint density at radius 1 is 1.56 bits per heavy atom. The summed E-state index contributed by atoms with van der Waals surface area (Å²) in [6.07, 6.45) is 1.37. The molecule has 0 aliphatic rings. The van der Waals surface area contributed by atoms with Gasteiger partial charge in [0.15, 0.2) is 12.0 Å². The van der Waals surface area contributed by atoms with Gasteiger partial charge in [-0.15, -0.1) is 0 Å². The van der Waals surface area contributed by atoms with Crippen LogP contribution in [0.3, 0.4) is 0 Å². The third-order valence-corrected chi connectivity index (χ3v) is 2.57. The zero-order valence-corrected chi connectivity index (χ0v) is 9.80. The Labute approximate surface area is 104 Å². The van der Waals surface area contributed by atoms with Gasteiger partial charge in [0.05, 0.1) is 6.42 Å². The fourth-order valence-corrected chi connectivity index (χ4v) is 1.71. The van der Waals surface area contributed by atoms with Crippen molar-refractivity contribution in [3.63, 3.8) is 0 Å². The van der Waals surface area contributed by atoms with Crippen LogP contribution in [0.2, 0.25) is 0 Å². The highest BCUT2D eigenvalue weighted by molar-refractivity contribution is 5.72. The number of nitrogens with zero attached hydrogens (tertiary/aromatic N) is 1. The average Bonchev–Trinajstić information content (AvgIpc) is 2.75. The van der Waals surface area contributed by atoms with E-state index in [9.17, 15) is 4.79 Å². The lowest BCUT2D eigenvalue weighted by atomic mass is 10.2. The third-order valence-electron chi connectivity index (χ3n) is 2.57. The van der Waals surface area contributed by atoms with Gasteiger partial charge in [-0.1, -0.05) is 6.07 Å². The number of hydrogen-bond donors (Lipinski definition) is 3. The quantitative estimate of drug-likeness (QED) is 0.697. The van der Waals surface area contributed by atoms with Gasteiger partial charge in [0.25, 0.3) is 0 Å². The summed E-state index contributed by atoms with van der Waals surface area (Å²) in [7, 11) is 0. The number of carbonyl (C=O) groups is 1. The van der Waals surface area contributed by atoms with Gasteiger partial charge in [-0.3, -0.25) is 4.79 Å². The molecule has 0 aliphatic carbocycles. The summed E-state index contributed by atoms with van der Waals surface area (Å²) in [6.45, 7) is 1.07. The molecule has 0 saturated carbocycles. The third kappa shape index (κ3) is 3.28. The van der Waals surface area contributed by atoms with Crippen molar-refractivity contribution in [2.75, 3.05) is 6.54 Å². The molecule has 0 amide bonds. The molecule has 0 aliphatic heterocycles. The van der Waals surface area contributed by atoms with Crippen LogP contribution in [0.1, 0.15) is 12.0 Å². The van der Waals surface area contributed by atoms with Gasteiger partial charge >= 0.3 is 5.97 Å². The second-order valence-electron chi connectivity index (χ2n) is 4.14. The van der Waals surface area contributed by atoms with Crippen LogP contribution in [0.4, 0.5) is 0 Å². The van der Waals surface area contributed by atoms with Crippen LogP contribution in [-0.4, -0.2) is 28.6 Å². The molecule has 0 saturated heterocycles. The molecule has 18 heavy (non-hydrogen) atoms. The van der Waals surface area contributed by atoms with Crippen LogP contribution in [0.5, 0.6) is 0 Å². The largest absolute Gasteiger partial charge is 0.481 e. The predicted octanol–water partition coefficient (Wildman–Crippen LogP) is 0.719. The Hall–Kier alpha value is -1.92. The predicted molar refractivity (Wildman–Crippen MR) is 65.9 cm³/mol. The first-order chi connectivity index (χ1) is 8.65. The van der Waals surface area contributed by atoms with E-state index >= 15 is 0 Å². The molecule has 0 radical (unpaired) electrons. The average molecular weight is 249 g/mol. The molecule has 0 bridgehead atoms. The van der Waals surface area contributed by atoms with Gasteiger partial charge in [-0.25, -0.2) is 4.98 Å². The lowest BCUT2D eigenvalue weighted by Crippen LogP contribution is -2.35. The van der Waals surface area contributed by atoms with Crippen molar-refractivity contribution in [3.05, 3.63) is 30.2 Å². The van der Waals surface area contributed by atoms with E-state index in [-0.39, 0.29) is 12.5 Å². The minimum absolute atomic E-state index is 0.0336. The molecule has 6 nitrogen and oxygen atoms in total. The van der Waals surface area contributed by atoms with Crippen LogP contribution < -0.4 is 11.1 Å². The standard InChI is InChI=1S/C12H15N3O3/c13-9(4-12(16)17)6-14-5-8-1-2-10-11(3-8)18-7-15-10/h1-3,7,9,14H,4-6,13H2,(H,16,17). The number of aliphatic carboxylic acids is 1. The number of hydrogen-bond acceptors (Lipinski definition) is 5. The maximum atomic E-state index is 10.4. The van der Waals surface area contributed by atoms with E-state index in [0.717, 1.165) is 16.7 Å². The highest BCUT2D eigenvalue weighted by atomic mass is 16.4. The number of aromatic nitrogens is 1. The maximum absolute atomic E-state index is 10.4. The van der Waals surface area contributed by atoms with E-state index in [4.69, 9.17) is 15.3 Å². The lowest BCUT2D eigenvalue weighted by Gasteiger charge is -2.10. The lowest BCUT2D eigenvalue weighted by molar-refractivity contribution is -0.137. The topological polar surface area (TPSA) is 101 Å². The Kier molecular flexibility index (Phi) is 3.91. The van der Waals surface area contributed by atoms with Crippen LogP contribution >= 0.6 is 0 Å². The maximum Gasteiger partial charge on any atom is 0.304 e. The second kappa shape index (κ2) is 5.61. The number of carboxylic acid groups (broad SMARTS) is 1. The van der Waals surface area contributed by atoms with Crippen molar-refractivity contribution in [2.45, 2.75) is 19.0 Å². The second-order valence-corrected chi connectivity index (χ2v) is 4.14. The zero-order chi connectivity index (χ0) is 13.0. The molecule has 2 rings (SSSR count). The van der Waals surface area contributed by atoms with Crippen molar-refractivity contribution < 1.29 is 14.3 Å². The Bertz CT molecular complexity index is 538. The fraction of sp³-hybridized carbons (Fsp3) is 0.333. The molecule has 1 aromatic heterocycles. The number of rotatable bonds is 6. The first kappa shape index (κ1) is 12.5. The summed E-state index contributed by atoms with van der Waals surface area (Å²) in [5.74, 6) is -0.882. The smallest absolute Gasteiger partial charge is 0.304 e. The number of oxazole rings is 1. The van der Waals surface area contributed by atoms with E-state index in [0.29, 0.717) is 13.1 Å². The Morgan fingerprint density at radius 2 is 2.39 bits per heavy atom. The molecule has 1 heterocycles. The van der Waals surface area contributed by atoms with E-state index in [1.165, 1.54) is 6.39 Å². The summed E-state index contributed by atoms with van der Waals surface area (Å²) < 4.78 is 5.20. The first-order valence-electron chi connectivity index (χ1n) is 5.65. The van der Waals surface area contributed by atoms with Crippen molar-refractivity contribution in [2.24, 2.45) is 5.73 Å². The summed E-state index contributed by atoms with van der Waals surface area (Å²) in [4.78, 5) is 14.5. The zero-order valence-electron chi connectivity index (χ0n) is 9.80. The summed E-state index contributed by atoms with van der Waals surface area (Å²) in [5.41, 5.74) is 8.24. The van der Waals surface area contributed by atoms with Crippen LogP contribution in [-0.2, 0) is 11.3 Å². The number of nitrogens with one attached hydrogen (secondary N) is 1. The van der Waals surface area contributed by atoms with Crippen LogP contribution in [0.15, 0.2) is 29.0 Å². The summed E-state index contributed by atoms with van der Waals surface area (Å²) in [6, 6.07) is 5.35. The molecule has 96 valence electrons. The minimum atomic E-state index is -0.882. The molecule has 6 heteroatoms. The monoisotopic (exact) mass is 249 g/mol. The molecule has 0 fully saturated rings. The number of carboxylic acids is 1. The molecule has 1 unspecified atom stereocenters. The Balaban J connectivity index is 1.84. The normalized spacial score (nSPS) is 12.7. The van der Waals surface area contributed by atoms with Crippen molar-refractivity contribution in [1.82, 2.24) is 10.3 Å². The SMILES string of the molecule is NC(CNCc1ccc2ncoc2c1)CC(=O)O. The number of nitrogens with two attached hydrogens (primary N) is 1. The Morgan fingerprint density at radius 3 is 3.17 bits per heavy atom. The molecular weight excluding hydrogens is 234 g/mol. The molecule has 2 aromatic rings. The van der Waals surface area contributed by atoms with Crippen molar-refractivity contribution >= 4 is 17.1 Å². The van der Waals surface area contributed by atoms with Crippen molar-refractivity contribution in [3.8, 4) is 0 Å². The van der Waals surface area contributed by atoms with E-state index in [2.05, 4.69) is 10.3 Å². The van der Waals surface area contributed by atoms with Gasteiger partial charge in [0.2, 0.25) is 0 Å². The van der Waals surface area contributed by atoms with Gasteiger partial charge in [0.1, 0.15) is 5.52 Å². The van der Waals surface area contributed by atoms with E-state index < -0.39 is 5.97 Å². The first-order valence-corrected chi connectivity index (χ1v) is 5.65. The highest BCUT2D eigenvalue weighted by Gasteiger charge is 2.07. The number of fused-ring (bicyclic) bond motifs is 1. The van der Waals surface area contributed by atoms with Gasteiger partial charge in [-0.2, -0.15) is 0 Å². The van der Waals surface area contributed by atoms with Gasteiger partial charge in [0, 0.05) is 19.1 Å². The molecule has 1 aromatic carbocycles. The molecule has 4 N–H and O–H groups in total. The van der Waals surface area contributed by atoms with Gasteiger partial charge in [-0.05, 0) is 17.7 Å². The molecular formula is C12H15N3O3. The van der Waals surface area contributed by atoms with E-state index in [1.54, 1.807) is 0 Å². The summed E-state index contributed by atoms with van der Waals surface area (Å²) in [5, 5.41) is 11.7. The highest BCUT2D eigenvalue weighted by Crippen LogP contribution is 2.13. The van der Waals surface area contributed by atoms with E-state index in [1.807, 2.05) is 18.2 Å². The number of benzene rings is 1. The fourth-order valence-electron chi connectivity index (χ4n) is 1.71. The van der Waals surface area contributed by atoms with Crippen molar-refractivity contribution in [1.29, 1.82) is 0 Å². The van der Waals surface area contributed by atoms with Gasteiger partial charge < -0.3 is 20.6 Å². The van der Waals surface area contributed by atoms with Crippen LogP contribution in [0, 0.1) is 0 Å².